The molecule has 31 heavy (non-hydrogen) atoms. The standard InChI is InChI=1S/C22H25FN6O2/c1-27(2)21(30)19(20(24)22(31)28-10-9-17(23)12-28)15-5-3-14(4-6-15)16-7-8-18-25-13-26-29(18)11-16/h3-8,11,13,17,19-20H,9-10,12,24H2,1-2H3/p+1/t17-,19-,20-/m0/s1. The highest BCUT2D eigenvalue weighted by Gasteiger charge is 2.37. The van der Waals surface area contributed by atoms with Crippen LogP contribution in [0.15, 0.2) is 48.9 Å². The van der Waals surface area contributed by atoms with Gasteiger partial charge in [0.2, 0.25) is 18.1 Å². The maximum absolute atomic E-state index is 13.6. The van der Waals surface area contributed by atoms with Gasteiger partial charge in [-0.3, -0.25) is 9.59 Å². The van der Waals surface area contributed by atoms with Gasteiger partial charge in [-0.15, -0.1) is 4.52 Å². The molecule has 3 aromatic rings. The van der Waals surface area contributed by atoms with E-state index in [0.29, 0.717) is 18.5 Å². The van der Waals surface area contributed by atoms with E-state index in [1.165, 1.54) is 9.80 Å². The summed E-state index contributed by atoms with van der Waals surface area (Å²) in [6.07, 6.45) is 2.78. The molecular weight excluding hydrogens is 399 g/mol. The maximum atomic E-state index is 13.6. The first-order valence-corrected chi connectivity index (χ1v) is 10.2. The zero-order valence-corrected chi connectivity index (χ0v) is 17.5. The number of likely N-dealkylation sites (tertiary alicyclic amines) is 1. The van der Waals surface area contributed by atoms with E-state index in [2.05, 4.69) is 10.1 Å². The molecule has 1 saturated heterocycles. The Morgan fingerprint density at radius 3 is 2.58 bits per heavy atom. The summed E-state index contributed by atoms with van der Waals surface area (Å²) in [4.78, 5) is 31.7. The lowest BCUT2D eigenvalue weighted by Crippen LogP contribution is -2.50. The highest BCUT2D eigenvalue weighted by atomic mass is 19.1. The number of pyridine rings is 1. The second-order valence-electron chi connectivity index (χ2n) is 8.06. The van der Waals surface area contributed by atoms with Crippen LogP contribution in [0.3, 0.4) is 0 Å². The number of nitrogens with two attached hydrogens (primary N) is 1. The fraction of sp³-hybridized carbons (Fsp3) is 0.364. The number of amides is 2. The zero-order chi connectivity index (χ0) is 22.1. The van der Waals surface area contributed by atoms with Crippen LogP contribution in [0.1, 0.15) is 17.9 Å². The quantitative estimate of drug-likeness (QED) is 0.593. The number of carbonyl (C=O) groups is 2. The van der Waals surface area contributed by atoms with E-state index in [1.54, 1.807) is 24.9 Å². The summed E-state index contributed by atoms with van der Waals surface area (Å²) in [5, 5.41) is 4.20. The summed E-state index contributed by atoms with van der Waals surface area (Å²) in [6, 6.07) is 10.2. The molecule has 2 aromatic heterocycles. The summed E-state index contributed by atoms with van der Waals surface area (Å²) in [5.74, 6) is -1.51. The second-order valence-corrected chi connectivity index (χ2v) is 8.06. The molecule has 0 spiro atoms. The number of hydrogen-bond donors (Lipinski definition) is 2. The van der Waals surface area contributed by atoms with Crippen molar-refractivity contribution in [3.63, 3.8) is 0 Å². The molecule has 0 unspecified atom stereocenters. The van der Waals surface area contributed by atoms with E-state index >= 15 is 0 Å². The normalized spacial score (nSPS) is 18.2. The van der Waals surface area contributed by atoms with Crippen molar-refractivity contribution in [3.05, 3.63) is 54.5 Å². The van der Waals surface area contributed by atoms with Crippen molar-refractivity contribution in [1.82, 2.24) is 19.9 Å². The van der Waals surface area contributed by atoms with Crippen LogP contribution in [0.5, 0.6) is 0 Å². The van der Waals surface area contributed by atoms with Crippen molar-refractivity contribution >= 4 is 17.5 Å². The van der Waals surface area contributed by atoms with Gasteiger partial charge in [0.05, 0.1) is 12.5 Å². The molecule has 0 aliphatic carbocycles. The van der Waals surface area contributed by atoms with Gasteiger partial charge in [-0.05, 0) is 28.7 Å². The van der Waals surface area contributed by atoms with Crippen LogP contribution in [0.2, 0.25) is 0 Å². The molecule has 1 aliphatic heterocycles. The molecule has 2 amide bonds. The third kappa shape index (κ3) is 4.13. The van der Waals surface area contributed by atoms with Gasteiger partial charge < -0.3 is 15.5 Å². The third-order valence-corrected chi connectivity index (χ3v) is 5.72. The monoisotopic (exact) mass is 425 g/mol. The molecule has 0 saturated carbocycles. The number of carbonyl (C=O) groups excluding carboxylic acids is 2. The summed E-state index contributed by atoms with van der Waals surface area (Å²) < 4.78 is 15.3. The Balaban J connectivity index is 1.62. The topological polar surface area (TPSA) is 99.4 Å². The SMILES string of the molecule is CN(C)C(=O)[C@@H](c1ccc(-c2ccc3[nH]cn[n+]3c2)cc1)[C@H](N)C(=O)N1CC[C@H](F)C1. The number of aromatic nitrogens is 3. The number of nitrogens with zero attached hydrogens (tertiary/aromatic N) is 4. The van der Waals surface area contributed by atoms with Crippen LogP contribution in [-0.4, -0.2) is 71.1 Å². The maximum Gasteiger partial charge on any atom is 0.306 e. The minimum atomic E-state index is -1.08. The molecule has 9 heteroatoms. The van der Waals surface area contributed by atoms with Crippen molar-refractivity contribution in [2.45, 2.75) is 24.6 Å². The van der Waals surface area contributed by atoms with Crippen molar-refractivity contribution in [1.29, 1.82) is 0 Å². The molecule has 3 atom stereocenters. The smallest absolute Gasteiger partial charge is 0.306 e. The number of H-pyrrole nitrogens is 1. The molecule has 1 aliphatic rings. The van der Waals surface area contributed by atoms with Gasteiger partial charge in [-0.2, -0.15) is 0 Å². The number of fused-ring (bicyclic) bond motifs is 1. The highest BCUT2D eigenvalue weighted by molar-refractivity contribution is 5.93. The average Bonchev–Trinajstić information content (AvgIpc) is 3.41. The van der Waals surface area contributed by atoms with Crippen molar-refractivity contribution in [2.24, 2.45) is 5.73 Å². The van der Waals surface area contributed by atoms with Gasteiger partial charge in [0.25, 0.3) is 0 Å². The Morgan fingerprint density at radius 2 is 1.94 bits per heavy atom. The van der Waals surface area contributed by atoms with E-state index in [0.717, 1.165) is 16.8 Å². The number of hydrogen-bond acceptors (Lipinski definition) is 4. The van der Waals surface area contributed by atoms with Crippen molar-refractivity contribution in [3.8, 4) is 11.1 Å². The Bertz CT molecular complexity index is 1100. The first-order valence-electron chi connectivity index (χ1n) is 10.2. The molecular formula is C22H26FN6O2+. The summed E-state index contributed by atoms with van der Waals surface area (Å²) in [5.41, 5.74) is 9.70. The van der Waals surface area contributed by atoms with Crippen LogP contribution >= 0.6 is 0 Å². The van der Waals surface area contributed by atoms with E-state index in [9.17, 15) is 14.0 Å². The molecule has 0 bridgehead atoms. The predicted molar refractivity (Wildman–Crippen MR) is 113 cm³/mol. The molecule has 1 fully saturated rings. The van der Waals surface area contributed by atoms with Crippen molar-refractivity contribution in [2.75, 3.05) is 27.2 Å². The highest BCUT2D eigenvalue weighted by Crippen LogP contribution is 2.27. The molecule has 0 radical (unpaired) electrons. The van der Waals surface area contributed by atoms with Gasteiger partial charge in [-0.1, -0.05) is 24.3 Å². The number of benzene rings is 1. The second kappa shape index (κ2) is 8.43. The molecule has 162 valence electrons. The van der Waals surface area contributed by atoms with E-state index in [4.69, 9.17) is 5.73 Å². The number of nitrogens with one attached hydrogen (secondary N) is 1. The van der Waals surface area contributed by atoms with Crippen molar-refractivity contribution < 1.29 is 18.5 Å². The number of halogens is 1. The van der Waals surface area contributed by atoms with Crippen LogP contribution < -0.4 is 10.2 Å². The first kappa shape index (κ1) is 20.9. The molecule has 8 nitrogen and oxygen atoms in total. The summed E-state index contributed by atoms with van der Waals surface area (Å²) in [7, 11) is 3.26. The van der Waals surface area contributed by atoms with Crippen LogP contribution in [0, 0.1) is 0 Å². The van der Waals surface area contributed by atoms with E-state index in [-0.39, 0.29) is 12.5 Å². The average molecular weight is 425 g/mol. The van der Waals surface area contributed by atoms with Gasteiger partial charge in [0.15, 0.2) is 0 Å². The van der Waals surface area contributed by atoms with Crippen LogP contribution in [0.25, 0.3) is 16.8 Å². The number of likely N-dealkylation sites (N-methyl/N-ethyl adjacent to an activating group) is 1. The predicted octanol–water partition coefficient (Wildman–Crippen LogP) is 0.885. The Labute approximate surface area is 179 Å². The lowest BCUT2D eigenvalue weighted by molar-refractivity contribution is -0.576. The minimum absolute atomic E-state index is 0.0294. The fourth-order valence-corrected chi connectivity index (χ4v) is 3.96. The lowest BCUT2D eigenvalue weighted by Gasteiger charge is -2.28. The molecule has 3 N–H and O–H groups in total. The van der Waals surface area contributed by atoms with Gasteiger partial charge in [0.1, 0.15) is 18.4 Å². The number of rotatable bonds is 5. The third-order valence-electron chi connectivity index (χ3n) is 5.72. The molecule has 3 heterocycles. The van der Waals surface area contributed by atoms with Gasteiger partial charge >= 0.3 is 5.65 Å². The van der Waals surface area contributed by atoms with Gasteiger partial charge in [-0.25, -0.2) is 9.37 Å². The lowest BCUT2D eigenvalue weighted by atomic mass is 9.88. The largest absolute Gasteiger partial charge is 0.348 e. The minimum Gasteiger partial charge on any atom is -0.348 e. The molecule has 1 aromatic carbocycles. The van der Waals surface area contributed by atoms with E-state index in [1.807, 2.05) is 42.6 Å². The Morgan fingerprint density at radius 1 is 1.23 bits per heavy atom. The zero-order valence-electron chi connectivity index (χ0n) is 17.5. The van der Waals surface area contributed by atoms with Gasteiger partial charge in [0, 0.05) is 32.3 Å². The number of aromatic amines is 1. The van der Waals surface area contributed by atoms with Crippen LogP contribution in [-0.2, 0) is 9.59 Å². The van der Waals surface area contributed by atoms with E-state index < -0.39 is 24.0 Å². The summed E-state index contributed by atoms with van der Waals surface area (Å²) >= 11 is 0. The Hall–Kier alpha value is -3.33. The van der Waals surface area contributed by atoms with Crippen LogP contribution in [0.4, 0.5) is 4.39 Å². The molecule has 4 rings (SSSR count). The number of alkyl halides is 1. The fourth-order valence-electron chi connectivity index (χ4n) is 3.96. The Kier molecular flexibility index (Phi) is 5.69. The first-order chi connectivity index (χ1) is 14.8. The summed E-state index contributed by atoms with van der Waals surface area (Å²) in [6.45, 7) is 0.352.